The molecule has 3 nitrogen and oxygen atoms in total. The molecule has 0 bridgehead atoms. The first-order valence-electron chi connectivity index (χ1n) is 5.13. The molecule has 0 spiro atoms. The standard InChI is InChI=1S/C13H10BrN3/c14-11-5-4-10(8-15)13(7-11)17-9-12-3-1-2-6-16-12/h1-7,17H,9H2. The molecule has 0 atom stereocenters. The number of pyridine rings is 1. The van der Waals surface area contributed by atoms with E-state index >= 15 is 0 Å². The lowest BCUT2D eigenvalue weighted by Crippen LogP contribution is -2.02. The summed E-state index contributed by atoms with van der Waals surface area (Å²) < 4.78 is 0.944. The second kappa shape index (κ2) is 5.46. The van der Waals surface area contributed by atoms with E-state index in [1.807, 2.05) is 30.3 Å². The highest BCUT2D eigenvalue weighted by molar-refractivity contribution is 9.10. The normalized spacial score (nSPS) is 9.65. The zero-order valence-electron chi connectivity index (χ0n) is 9.02. The first-order chi connectivity index (χ1) is 8.29. The highest BCUT2D eigenvalue weighted by atomic mass is 79.9. The molecule has 0 aliphatic carbocycles. The summed E-state index contributed by atoms with van der Waals surface area (Å²) in [6.45, 7) is 0.603. The van der Waals surface area contributed by atoms with Gasteiger partial charge in [0.25, 0.3) is 0 Å². The Morgan fingerprint density at radius 1 is 1.29 bits per heavy atom. The zero-order valence-corrected chi connectivity index (χ0v) is 10.6. The molecule has 0 unspecified atom stereocenters. The average molecular weight is 288 g/mol. The summed E-state index contributed by atoms with van der Waals surface area (Å²) >= 11 is 3.39. The van der Waals surface area contributed by atoms with Gasteiger partial charge in [-0.3, -0.25) is 4.98 Å². The second-order valence-electron chi connectivity index (χ2n) is 3.48. The molecule has 0 saturated carbocycles. The lowest BCUT2D eigenvalue weighted by molar-refractivity contribution is 1.04. The van der Waals surface area contributed by atoms with E-state index in [9.17, 15) is 0 Å². The van der Waals surface area contributed by atoms with Crippen molar-refractivity contribution < 1.29 is 0 Å². The summed E-state index contributed by atoms with van der Waals surface area (Å²) in [4.78, 5) is 4.21. The Morgan fingerprint density at radius 3 is 2.88 bits per heavy atom. The number of nitrogens with zero attached hydrogens (tertiary/aromatic N) is 2. The second-order valence-corrected chi connectivity index (χ2v) is 4.39. The van der Waals surface area contributed by atoms with Crippen LogP contribution in [0, 0.1) is 11.3 Å². The molecule has 1 N–H and O–H groups in total. The van der Waals surface area contributed by atoms with E-state index in [2.05, 4.69) is 32.3 Å². The number of rotatable bonds is 3. The maximum Gasteiger partial charge on any atom is 0.101 e. The fraction of sp³-hybridized carbons (Fsp3) is 0.0769. The summed E-state index contributed by atoms with van der Waals surface area (Å²) in [5, 5.41) is 12.2. The summed E-state index contributed by atoms with van der Waals surface area (Å²) in [5.41, 5.74) is 2.38. The number of nitrogens with one attached hydrogen (secondary N) is 1. The van der Waals surface area contributed by atoms with E-state index in [4.69, 9.17) is 5.26 Å². The van der Waals surface area contributed by atoms with Crippen LogP contribution < -0.4 is 5.32 Å². The Labute approximate surface area is 108 Å². The van der Waals surface area contributed by atoms with Gasteiger partial charge in [-0.15, -0.1) is 0 Å². The third-order valence-corrected chi connectivity index (χ3v) is 2.78. The van der Waals surface area contributed by atoms with Gasteiger partial charge in [-0.2, -0.15) is 5.26 Å². The highest BCUT2D eigenvalue weighted by Gasteiger charge is 2.02. The fourth-order valence-corrected chi connectivity index (χ4v) is 1.81. The molecule has 0 aliphatic heterocycles. The van der Waals surface area contributed by atoms with Crippen molar-refractivity contribution in [1.82, 2.24) is 4.98 Å². The summed E-state index contributed by atoms with van der Waals surface area (Å²) in [5.74, 6) is 0. The van der Waals surface area contributed by atoms with Crippen LogP contribution in [0.4, 0.5) is 5.69 Å². The lowest BCUT2D eigenvalue weighted by Gasteiger charge is -2.08. The molecule has 0 fully saturated rings. The van der Waals surface area contributed by atoms with Crippen molar-refractivity contribution in [3.8, 4) is 6.07 Å². The molecular formula is C13H10BrN3. The van der Waals surface area contributed by atoms with Gasteiger partial charge in [0.15, 0.2) is 0 Å². The molecule has 1 heterocycles. The number of anilines is 1. The molecule has 84 valence electrons. The Bertz CT molecular complexity index is 546. The first-order valence-corrected chi connectivity index (χ1v) is 5.92. The highest BCUT2D eigenvalue weighted by Crippen LogP contribution is 2.21. The average Bonchev–Trinajstić information content (AvgIpc) is 2.38. The number of hydrogen-bond acceptors (Lipinski definition) is 3. The molecule has 1 aromatic carbocycles. The maximum atomic E-state index is 8.99. The fourth-order valence-electron chi connectivity index (χ4n) is 1.45. The van der Waals surface area contributed by atoms with Crippen molar-refractivity contribution in [3.63, 3.8) is 0 Å². The Morgan fingerprint density at radius 2 is 2.18 bits per heavy atom. The van der Waals surface area contributed by atoms with Crippen LogP contribution in [0.1, 0.15) is 11.3 Å². The molecule has 2 aromatic rings. The van der Waals surface area contributed by atoms with E-state index in [0.717, 1.165) is 15.9 Å². The van der Waals surface area contributed by atoms with Gasteiger partial charge in [0.2, 0.25) is 0 Å². The van der Waals surface area contributed by atoms with E-state index in [0.29, 0.717) is 12.1 Å². The molecule has 4 heteroatoms. The van der Waals surface area contributed by atoms with Crippen LogP contribution >= 0.6 is 15.9 Å². The molecule has 2 rings (SSSR count). The minimum absolute atomic E-state index is 0.603. The first kappa shape index (κ1) is 11.6. The van der Waals surface area contributed by atoms with E-state index in [1.165, 1.54) is 0 Å². The van der Waals surface area contributed by atoms with Gasteiger partial charge in [0.1, 0.15) is 6.07 Å². The van der Waals surface area contributed by atoms with Gasteiger partial charge >= 0.3 is 0 Å². The number of nitriles is 1. The monoisotopic (exact) mass is 287 g/mol. The number of benzene rings is 1. The molecule has 0 aliphatic rings. The van der Waals surface area contributed by atoms with Crippen LogP contribution in [0.5, 0.6) is 0 Å². The minimum atomic E-state index is 0.603. The topological polar surface area (TPSA) is 48.7 Å². The molecule has 0 saturated heterocycles. The van der Waals surface area contributed by atoms with Crippen molar-refractivity contribution in [1.29, 1.82) is 5.26 Å². The smallest absolute Gasteiger partial charge is 0.101 e. The number of aromatic nitrogens is 1. The minimum Gasteiger partial charge on any atom is -0.378 e. The van der Waals surface area contributed by atoms with Gasteiger partial charge < -0.3 is 5.32 Å². The maximum absolute atomic E-state index is 8.99. The van der Waals surface area contributed by atoms with E-state index < -0.39 is 0 Å². The molecule has 17 heavy (non-hydrogen) atoms. The molecule has 0 amide bonds. The van der Waals surface area contributed by atoms with Crippen LogP contribution in [-0.4, -0.2) is 4.98 Å². The largest absolute Gasteiger partial charge is 0.378 e. The Hall–Kier alpha value is -1.86. The van der Waals surface area contributed by atoms with E-state index in [1.54, 1.807) is 12.3 Å². The predicted molar refractivity (Wildman–Crippen MR) is 70.4 cm³/mol. The Balaban J connectivity index is 2.14. The van der Waals surface area contributed by atoms with Crippen LogP contribution in [-0.2, 0) is 6.54 Å². The van der Waals surface area contributed by atoms with Gasteiger partial charge in [-0.25, -0.2) is 0 Å². The summed E-state index contributed by atoms with van der Waals surface area (Å²) in [6.07, 6.45) is 1.75. The van der Waals surface area contributed by atoms with Gasteiger partial charge in [-0.1, -0.05) is 22.0 Å². The lowest BCUT2D eigenvalue weighted by atomic mass is 10.2. The van der Waals surface area contributed by atoms with E-state index in [-0.39, 0.29) is 0 Å². The zero-order chi connectivity index (χ0) is 12.1. The van der Waals surface area contributed by atoms with Gasteiger partial charge in [0, 0.05) is 10.7 Å². The van der Waals surface area contributed by atoms with Crippen molar-refractivity contribution >= 4 is 21.6 Å². The quantitative estimate of drug-likeness (QED) is 0.942. The predicted octanol–water partition coefficient (Wildman–Crippen LogP) is 3.33. The molecule has 0 radical (unpaired) electrons. The van der Waals surface area contributed by atoms with Crippen LogP contribution in [0.15, 0.2) is 47.1 Å². The van der Waals surface area contributed by atoms with Crippen LogP contribution in [0.3, 0.4) is 0 Å². The SMILES string of the molecule is N#Cc1ccc(Br)cc1NCc1ccccn1. The number of halogens is 1. The summed E-state index contributed by atoms with van der Waals surface area (Å²) in [7, 11) is 0. The third-order valence-electron chi connectivity index (χ3n) is 2.29. The Kier molecular flexibility index (Phi) is 3.73. The van der Waals surface area contributed by atoms with Crippen molar-refractivity contribution in [2.45, 2.75) is 6.54 Å². The van der Waals surface area contributed by atoms with Gasteiger partial charge in [0.05, 0.1) is 23.5 Å². The number of hydrogen-bond donors (Lipinski definition) is 1. The van der Waals surface area contributed by atoms with Crippen molar-refractivity contribution in [2.75, 3.05) is 5.32 Å². The van der Waals surface area contributed by atoms with Crippen LogP contribution in [0.25, 0.3) is 0 Å². The molecular weight excluding hydrogens is 278 g/mol. The summed E-state index contributed by atoms with van der Waals surface area (Å²) in [6, 6.07) is 13.4. The van der Waals surface area contributed by atoms with Gasteiger partial charge in [-0.05, 0) is 30.3 Å². The van der Waals surface area contributed by atoms with Crippen LogP contribution in [0.2, 0.25) is 0 Å². The van der Waals surface area contributed by atoms with Crippen molar-refractivity contribution in [2.24, 2.45) is 0 Å². The third kappa shape index (κ3) is 3.05. The van der Waals surface area contributed by atoms with Crippen molar-refractivity contribution in [3.05, 3.63) is 58.3 Å². The molecule has 1 aromatic heterocycles.